The summed E-state index contributed by atoms with van der Waals surface area (Å²) in [6, 6.07) is 14.6. The molecule has 2 aromatic rings. The van der Waals surface area contributed by atoms with Crippen molar-refractivity contribution in [1.82, 2.24) is 0 Å². The van der Waals surface area contributed by atoms with Gasteiger partial charge in [0.1, 0.15) is 5.75 Å². The fourth-order valence-corrected chi connectivity index (χ4v) is 6.53. The summed E-state index contributed by atoms with van der Waals surface area (Å²) in [6.45, 7) is 7.95. The Balaban J connectivity index is 1.85. The van der Waals surface area contributed by atoms with E-state index in [4.69, 9.17) is 23.5 Å². The highest BCUT2D eigenvalue weighted by Crippen LogP contribution is 2.55. The second-order valence-corrected chi connectivity index (χ2v) is 11.0. The lowest BCUT2D eigenvalue weighted by Crippen LogP contribution is -2.32. The van der Waals surface area contributed by atoms with Crippen LogP contribution in [-0.2, 0) is 33.1 Å². The van der Waals surface area contributed by atoms with Gasteiger partial charge in [0.25, 0.3) is 7.37 Å². The first-order valence-electron chi connectivity index (χ1n) is 12.4. The normalized spacial score (nSPS) is 18.7. The highest BCUT2D eigenvalue weighted by molar-refractivity contribution is 7.67. The molecule has 0 spiro atoms. The van der Waals surface area contributed by atoms with Crippen molar-refractivity contribution in [1.29, 1.82) is 0 Å². The molecule has 0 aromatic heterocycles. The summed E-state index contributed by atoms with van der Waals surface area (Å²) in [6.07, 6.45) is -0.618. The van der Waals surface area contributed by atoms with Crippen LogP contribution in [0.15, 0.2) is 48.5 Å². The van der Waals surface area contributed by atoms with E-state index >= 15 is 0 Å². The molecule has 0 saturated carbocycles. The second kappa shape index (κ2) is 13.0. The lowest BCUT2D eigenvalue weighted by molar-refractivity contribution is -0.185. The number of para-hydroxylation sites is 1. The molecule has 0 bridgehead atoms. The van der Waals surface area contributed by atoms with Crippen LogP contribution in [0.1, 0.15) is 47.0 Å². The molecule has 9 heteroatoms. The number of rotatable bonds is 13. The van der Waals surface area contributed by atoms with E-state index in [1.807, 2.05) is 38.1 Å². The van der Waals surface area contributed by atoms with E-state index in [1.165, 1.54) is 0 Å². The molecule has 8 nitrogen and oxygen atoms in total. The summed E-state index contributed by atoms with van der Waals surface area (Å²) in [5.74, 6) is -1.96. The number of carbonyl (C=O) groups excluding carboxylic acids is 2. The van der Waals surface area contributed by atoms with Gasteiger partial charge in [-0.3, -0.25) is 14.2 Å². The van der Waals surface area contributed by atoms with Gasteiger partial charge < -0.3 is 23.5 Å². The Hall–Kier alpha value is -2.67. The van der Waals surface area contributed by atoms with Gasteiger partial charge >= 0.3 is 11.9 Å². The first-order chi connectivity index (χ1) is 17.3. The van der Waals surface area contributed by atoms with E-state index in [0.29, 0.717) is 24.3 Å². The minimum absolute atomic E-state index is 0.225. The molecule has 1 heterocycles. The Kier molecular flexibility index (Phi) is 10.1. The standard InChI is InChI=1S/C27H35O8P/c1-5-15-31-19(3)33-26(28)17-21(27(29)34-20(4)32-16-6-2)18-36(30)25-14-10-8-12-23(25)22-11-7-9-13-24(22)35-36/h7-14,19-21H,5-6,15-18H2,1-4H3. The van der Waals surface area contributed by atoms with Crippen LogP contribution >= 0.6 is 7.37 Å². The van der Waals surface area contributed by atoms with Crippen LogP contribution < -0.4 is 9.83 Å². The van der Waals surface area contributed by atoms with Crippen LogP contribution in [0, 0.1) is 5.92 Å². The van der Waals surface area contributed by atoms with Gasteiger partial charge in [0.15, 0.2) is 12.6 Å². The average Bonchev–Trinajstić information content (AvgIpc) is 2.86. The number of ether oxygens (including phenoxy) is 4. The molecule has 0 amide bonds. The molecule has 1 aliphatic rings. The lowest BCUT2D eigenvalue weighted by atomic mass is 10.0. The van der Waals surface area contributed by atoms with E-state index < -0.39 is 37.8 Å². The molecule has 36 heavy (non-hydrogen) atoms. The van der Waals surface area contributed by atoms with Crippen molar-refractivity contribution in [2.24, 2.45) is 5.92 Å². The fraction of sp³-hybridized carbons (Fsp3) is 0.481. The number of hydrogen-bond donors (Lipinski definition) is 0. The summed E-state index contributed by atoms with van der Waals surface area (Å²) in [7, 11) is -3.60. The maximum atomic E-state index is 14.3. The summed E-state index contributed by atoms with van der Waals surface area (Å²) >= 11 is 0. The molecule has 0 fully saturated rings. The van der Waals surface area contributed by atoms with Gasteiger partial charge in [-0.05, 0) is 44.4 Å². The molecule has 0 saturated heterocycles. The number of carbonyl (C=O) groups is 2. The summed E-state index contributed by atoms with van der Waals surface area (Å²) in [4.78, 5) is 25.9. The van der Waals surface area contributed by atoms with Gasteiger partial charge in [0.2, 0.25) is 0 Å². The first kappa shape index (κ1) is 27.9. The van der Waals surface area contributed by atoms with Crippen molar-refractivity contribution in [3.05, 3.63) is 48.5 Å². The number of fused-ring (bicyclic) bond motifs is 3. The quantitative estimate of drug-likeness (QED) is 0.201. The van der Waals surface area contributed by atoms with Crippen molar-refractivity contribution < 1.29 is 37.6 Å². The molecule has 4 unspecified atom stereocenters. The first-order valence-corrected chi connectivity index (χ1v) is 14.2. The zero-order chi connectivity index (χ0) is 26.1. The van der Waals surface area contributed by atoms with Crippen molar-refractivity contribution in [3.8, 4) is 16.9 Å². The van der Waals surface area contributed by atoms with E-state index in [2.05, 4.69) is 0 Å². The molecule has 3 rings (SSSR count). The predicted octanol–water partition coefficient (Wildman–Crippen LogP) is 5.29. The van der Waals surface area contributed by atoms with Crippen LogP contribution in [0.4, 0.5) is 0 Å². The zero-order valence-electron chi connectivity index (χ0n) is 21.3. The maximum Gasteiger partial charge on any atom is 0.312 e. The Labute approximate surface area is 212 Å². The van der Waals surface area contributed by atoms with Crippen molar-refractivity contribution >= 4 is 24.6 Å². The number of benzene rings is 2. The second-order valence-electron chi connectivity index (χ2n) is 8.67. The third kappa shape index (κ3) is 7.19. The van der Waals surface area contributed by atoms with Crippen molar-refractivity contribution in [3.63, 3.8) is 0 Å². The van der Waals surface area contributed by atoms with Gasteiger partial charge in [0, 0.05) is 5.56 Å². The number of hydrogen-bond acceptors (Lipinski definition) is 8. The number of esters is 2. The topological polar surface area (TPSA) is 97.4 Å². The minimum atomic E-state index is -3.60. The smallest absolute Gasteiger partial charge is 0.312 e. The van der Waals surface area contributed by atoms with E-state index in [9.17, 15) is 14.2 Å². The Morgan fingerprint density at radius 2 is 1.44 bits per heavy atom. The van der Waals surface area contributed by atoms with Crippen LogP contribution in [-0.4, -0.2) is 43.9 Å². The van der Waals surface area contributed by atoms with E-state index in [0.717, 1.165) is 24.0 Å². The van der Waals surface area contributed by atoms with Gasteiger partial charge in [0.05, 0.1) is 37.0 Å². The Bertz CT molecular complexity index is 1080. The van der Waals surface area contributed by atoms with Gasteiger partial charge in [-0.25, -0.2) is 0 Å². The molecule has 4 atom stereocenters. The minimum Gasteiger partial charge on any atom is -0.439 e. The SMILES string of the molecule is CCCOC(C)OC(=O)CC(CP1(=O)Oc2ccccc2-c2ccccc21)C(=O)OC(C)OCCC. The molecule has 0 radical (unpaired) electrons. The monoisotopic (exact) mass is 518 g/mol. The third-order valence-corrected chi connectivity index (χ3v) is 8.13. The van der Waals surface area contributed by atoms with Crippen LogP contribution in [0.2, 0.25) is 0 Å². The fourth-order valence-electron chi connectivity index (χ4n) is 3.95. The lowest BCUT2D eigenvalue weighted by Gasteiger charge is -2.30. The molecule has 1 aliphatic heterocycles. The van der Waals surface area contributed by atoms with E-state index in [1.54, 1.807) is 38.1 Å². The predicted molar refractivity (Wildman–Crippen MR) is 136 cm³/mol. The van der Waals surface area contributed by atoms with E-state index in [-0.39, 0.29) is 12.6 Å². The largest absolute Gasteiger partial charge is 0.439 e. The zero-order valence-corrected chi connectivity index (χ0v) is 22.2. The molecule has 0 aliphatic carbocycles. The molecule has 0 N–H and O–H groups in total. The summed E-state index contributed by atoms with van der Waals surface area (Å²) in [5.41, 5.74) is 1.60. The van der Waals surface area contributed by atoms with Crippen LogP contribution in [0.25, 0.3) is 11.1 Å². The Morgan fingerprint density at radius 1 is 0.861 bits per heavy atom. The summed E-state index contributed by atoms with van der Waals surface area (Å²) in [5, 5.41) is 0.504. The Morgan fingerprint density at radius 3 is 2.11 bits per heavy atom. The van der Waals surface area contributed by atoms with Crippen LogP contribution in [0.5, 0.6) is 5.75 Å². The van der Waals surface area contributed by atoms with Gasteiger partial charge in [-0.15, -0.1) is 0 Å². The molecule has 196 valence electrons. The van der Waals surface area contributed by atoms with Gasteiger partial charge in [-0.1, -0.05) is 50.2 Å². The maximum absolute atomic E-state index is 14.3. The molecular weight excluding hydrogens is 483 g/mol. The highest BCUT2D eigenvalue weighted by Gasteiger charge is 2.41. The van der Waals surface area contributed by atoms with Crippen LogP contribution in [0.3, 0.4) is 0 Å². The highest BCUT2D eigenvalue weighted by atomic mass is 31.2. The average molecular weight is 519 g/mol. The van der Waals surface area contributed by atoms with Gasteiger partial charge in [-0.2, -0.15) is 0 Å². The summed E-state index contributed by atoms with van der Waals surface area (Å²) < 4.78 is 42.0. The molecule has 2 aromatic carbocycles. The van der Waals surface area contributed by atoms with Crippen molar-refractivity contribution in [2.45, 2.75) is 59.5 Å². The molecular formula is C27H35O8P. The third-order valence-electron chi connectivity index (χ3n) is 5.59. The van der Waals surface area contributed by atoms with Crippen molar-refractivity contribution in [2.75, 3.05) is 19.4 Å².